The first-order valence-electron chi connectivity index (χ1n) is 3.58. The van der Waals surface area contributed by atoms with Crippen LogP contribution >= 0.6 is 0 Å². The van der Waals surface area contributed by atoms with E-state index in [1.54, 1.807) is 6.92 Å². The van der Waals surface area contributed by atoms with Crippen molar-refractivity contribution in [3.05, 3.63) is 18.3 Å². The van der Waals surface area contributed by atoms with Gasteiger partial charge in [0.25, 0.3) is 0 Å². The first kappa shape index (κ1) is 8.52. The van der Waals surface area contributed by atoms with Gasteiger partial charge in [-0.3, -0.25) is 4.79 Å². The van der Waals surface area contributed by atoms with Gasteiger partial charge in [-0.2, -0.15) is 0 Å². The zero-order valence-electron chi connectivity index (χ0n) is 6.65. The lowest BCUT2D eigenvalue weighted by Gasteiger charge is -1.99. The smallest absolute Gasteiger partial charge is 0.312 e. The van der Waals surface area contributed by atoms with E-state index < -0.39 is 0 Å². The number of hydrogen-bond acceptors (Lipinski definition) is 4. The topological polar surface area (TPSA) is 59.4 Å². The number of aromatic nitrogens is 1. The summed E-state index contributed by atoms with van der Waals surface area (Å²) in [5.74, 6) is -0.0841. The van der Waals surface area contributed by atoms with Crippen LogP contribution in [-0.2, 0) is 4.79 Å². The first-order valence-corrected chi connectivity index (χ1v) is 3.58. The van der Waals surface area contributed by atoms with E-state index in [9.17, 15) is 4.79 Å². The fourth-order valence-corrected chi connectivity index (χ4v) is 0.622. The second-order valence-electron chi connectivity index (χ2n) is 2.18. The van der Waals surface area contributed by atoms with Gasteiger partial charge in [0, 0.05) is 12.5 Å². The number of aromatic hydroxyl groups is 1. The van der Waals surface area contributed by atoms with E-state index in [1.807, 2.05) is 0 Å². The predicted octanol–water partition coefficient (Wildman–Crippen LogP) is 1.10. The summed E-state index contributed by atoms with van der Waals surface area (Å²) in [6, 6.07) is 2.84. The van der Waals surface area contributed by atoms with E-state index in [0.29, 0.717) is 6.42 Å². The van der Waals surface area contributed by atoms with Crippen LogP contribution in [0.15, 0.2) is 18.3 Å². The van der Waals surface area contributed by atoms with E-state index in [2.05, 4.69) is 4.98 Å². The summed E-state index contributed by atoms with van der Waals surface area (Å²) in [6.07, 6.45) is 1.53. The average molecular weight is 167 g/mol. The second kappa shape index (κ2) is 3.71. The molecule has 12 heavy (non-hydrogen) atoms. The van der Waals surface area contributed by atoms with Crippen molar-refractivity contribution in [3.63, 3.8) is 0 Å². The maximum Gasteiger partial charge on any atom is 0.312 e. The molecule has 0 atom stereocenters. The van der Waals surface area contributed by atoms with Crippen molar-refractivity contribution < 1.29 is 14.6 Å². The SMILES string of the molecule is CCC(=O)Oc1ccc(O)cn1. The number of carbonyl (C=O) groups is 1. The van der Waals surface area contributed by atoms with Gasteiger partial charge in [0.2, 0.25) is 5.88 Å². The second-order valence-corrected chi connectivity index (χ2v) is 2.18. The Morgan fingerprint density at radius 3 is 2.92 bits per heavy atom. The highest BCUT2D eigenvalue weighted by Gasteiger charge is 2.01. The van der Waals surface area contributed by atoms with Crippen LogP contribution < -0.4 is 4.74 Å². The third-order valence-corrected chi connectivity index (χ3v) is 1.23. The third kappa shape index (κ3) is 2.23. The molecule has 0 saturated carbocycles. The van der Waals surface area contributed by atoms with Gasteiger partial charge in [-0.1, -0.05) is 6.92 Å². The van der Waals surface area contributed by atoms with Crippen molar-refractivity contribution >= 4 is 5.97 Å². The number of carbonyl (C=O) groups excluding carboxylic acids is 1. The molecule has 1 N–H and O–H groups in total. The van der Waals surface area contributed by atoms with E-state index in [-0.39, 0.29) is 17.6 Å². The van der Waals surface area contributed by atoms with Gasteiger partial charge >= 0.3 is 5.97 Å². The van der Waals surface area contributed by atoms with Gasteiger partial charge in [0.15, 0.2) is 0 Å². The summed E-state index contributed by atoms with van der Waals surface area (Å²) in [7, 11) is 0. The van der Waals surface area contributed by atoms with Crippen LogP contribution in [0, 0.1) is 0 Å². The predicted molar refractivity (Wildman–Crippen MR) is 41.8 cm³/mol. The van der Waals surface area contributed by atoms with Gasteiger partial charge < -0.3 is 9.84 Å². The molecule has 1 aromatic heterocycles. The summed E-state index contributed by atoms with van der Waals surface area (Å²) < 4.78 is 4.76. The van der Waals surface area contributed by atoms with Crippen LogP contribution in [0.25, 0.3) is 0 Å². The van der Waals surface area contributed by atoms with Gasteiger partial charge in [-0.15, -0.1) is 0 Å². The average Bonchev–Trinajstić information content (AvgIpc) is 2.09. The first-order chi connectivity index (χ1) is 5.72. The van der Waals surface area contributed by atoms with Gasteiger partial charge in [-0.25, -0.2) is 4.98 Å². The molecule has 0 aliphatic rings. The molecular weight excluding hydrogens is 158 g/mol. The van der Waals surface area contributed by atoms with Crippen molar-refractivity contribution in [1.29, 1.82) is 0 Å². The molecule has 1 rings (SSSR count). The normalized spacial score (nSPS) is 9.42. The van der Waals surface area contributed by atoms with Crippen molar-refractivity contribution in [3.8, 4) is 11.6 Å². The van der Waals surface area contributed by atoms with Gasteiger partial charge in [-0.05, 0) is 6.07 Å². The third-order valence-electron chi connectivity index (χ3n) is 1.23. The lowest BCUT2D eigenvalue weighted by Crippen LogP contribution is -2.06. The van der Waals surface area contributed by atoms with Crippen LogP contribution in [0.5, 0.6) is 11.6 Å². The molecular formula is C8H9NO3. The number of ether oxygens (including phenoxy) is 1. The molecule has 64 valence electrons. The van der Waals surface area contributed by atoms with Gasteiger partial charge in [0.05, 0.1) is 6.20 Å². The van der Waals surface area contributed by atoms with Crippen LogP contribution in [0.3, 0.4) is 0 Å². The Bertz CT molecular complexity index is 268. The van der Waals surface area contributed by atoms with Gasteiger partial charge in [0.1, 0.15) is 5.75 Å². The van der Waals surface area contributed by atoms with Crippen LogP contribution in [0.1, 0.15) is 13.3 Å². The van der Waals surface area contributed by atoms with Crippen LogP contribution in [-0.4, -0.2) is 16.1 Å². The number of hydrogen-bond donors (Lipinski definition) is 1. The minimum atomic E-state index is -0.340. The standard InChI is InChI=1S/C8H9NO3/c1-2-8(11)12-7-4-3-6(10)5-9-7/h3-5,10H,2H2,1H3. The van der Waals surface area contributed by atoms with Crippen LogP contribution in [0.2, 0.25) is 0 Å². The maximum atomic E-state index is 10.7. The molecule has 0 radical (unpaired) electrons. The Labute approximate surface area is 69.8 Å². The highest BCUT2D eigenvalue weighted by molar-refractivity contribution is 5.71. The Balaban J connectivity index is 2.64. The summed E-state index contributed by atoms with van der Waals surface area (Å²) in [5, 5.41) is 8.85. The molecule has 1 heterocycles. The zero-order valence-corrected chi connectivity index (χ0v) is 6.65. The highest BCUT2D eigenvalue weighted by atomic mass is 16.5. The fourth-order valence-electron chi connectivity index (χ4n) is 0.622. The highest BCUT2D eigenvalue weighted by Crippen LogP contribution is 2.11. The largest absolute Gasteiger partial charge is 0.506 e. The zero-order chi connectivity index (χ0) is 8.97. The van der Waals surface area contributed by atoms with E-state index in [0.717, 1.165) is 0 Å². The fraction of sp³-hybridized carbons (Fsp3) is 0.250. The van der Waals surface area contributed by atoms with Crippen molar-refractivity contribution in [2.24, 2.45) is 0 Å². The molecule has 0 aliphatic carbocycles. The summed E-state index contributed by atoms with van der Waals surface area (Å²) in [6.45, 7) is 1.70. The quantitative estimate of drug-likeness (QED) is 0.670. The summed E-state index contributed by atoms with van der Waals surface area (Å²) in [4.78, 5) is 14.4. The lowest BCUT2D eigenvalue weighted by atomic mass is 10.4. The lowest BCUT2D eigenvalue weighted by molar-refractivity contribution is -0.134. The molecule has 0 unspecified atom stereocenters. The number of nitrogens with zero attached hydrogens (tertiary/aromatic N) is 1. The molecule has 0 fully saturated rings. The molecule has 0 aromatic carbocycles. The Morgan fingerprint density at radius 1 is 1.67 bits per heavy atom. The molecule has 0 spiro atoms. The Hall–Kier alpha value is -1.58. The van der Waals surface area contributed by atoms with Crippen molar-refractivity contribution in [2.45, 2.75) is 13.3 Å². The van der Waals surface area contributed by atoms with E-state index >= 15 is 0 Å². The minimum Gasteiger partial charge on any atom is -0.506 e. The van der Waals surface area contributed by atoms with Crippen molar-refractivity contribution in [2.75, 3.05) is 0 Å². The van der Waals surface area contributed by atoms with E-state index in [1.165, 1.54) is 18.3 Å². The molecule has 0 saturated heterocycles. The Morgan fingerprint density at radius 2 is 2.42 bits per heavy atom. The molecule has 1 aromatic rings. The maximum absolute atomic E-state index is 10.7. The Kier molecular flexibility index (Phi) is 2.63. The molecule has 0 amide bonds. The van der Waals surface area contributed by atoms with Crippen molar-refractivity contribution in [1.82, 2.24) is 4.98 Å². The summed E-state index contributed by atoms with van der Waals surface area (Å²) in [5.41, 5.74) is 0. The molecule has 0 aliphatic heterocycles. The number of rotatable bonds is 2. The van der Waals surface area contributed by atoms with E-state index in [4.69, 9.17) is 9.84 Å². The summed E-state index contributed by atoms with van der Waals surface area (Å²) >= 11 is 0. The number of pyridine rings is 1. The molecule has 4 nitrogen and oxygen atoms in total. The molecule has 4 heteroatoms. The number of esters is 1. The monoisotopic (exact) mass is 167 g/mol. The molecule has 0 bridgehead atoms. The van der Waals surface area contributed by atoms with Crippen LogP contribution in [0.4, 0.5) is 0 Å². The minimum absolute atomic E-state index is 0.0475.